The fourth-order valence-corrected chi connectivity index (χ4v) is 5.67. The molecular formula is C18H28N2O4S. The molecule has 1 atom stereocenters. The Kier molecular flexibility index (Phi) is 4.97. The molecule has 3 aliphatic heterocycles. The van der Waals surface area contributed by atoms with Gasteiger partial charge in [0.1, 0.15) is 0 Å². The third-order valence-electron chi connectivity index (χ3n) is 5.61. The monoisotopic (exact) mass is 368 g/mol. The van der Waals surface area contributed by atoms with Crippen molar-refractivity contribution in [2.24, 2.45) is 17.3 Å². The van der Waals surface area contributed by atoms with Gasteiger partial charge in [-0.2, -0.15) is 0 Å². The summed E-state index contributed by atoms with van der Waals surface area (Å²) in [4.78, 5) is 28.6. The van der Waals surface area contributed by atoms with Crippen molar-refractivity contribution in [1.29, 1.82) is 0 Å². The fourth-order valence-electron chi connectivity index (χ4n) is 4.27. The smallest absolute Gasteiger partial charge is 0.223 e. The molecule has 3 aliphatic rings. The van der Waals surface area contributed by atoms with Crippen molar-refractivity contribution in [3.8, 4) is 0 Å². The Balaban J connectivity index is 1.51. The molecule has 0 unspecified atom stereocenters. The van der Waals surface area contributed by atoms with Gasteiger partial charge in [0.05, 0.1) is 5.75 Å². The summed E-state index contributed by atoms with van der Waals surface area (Å²) in [6.45, 7) is 7.21. The predicted molar refractivity (Wildman–Crippen MR) is 95.3 cm³/mol. The van der Waals surface area contributed by atoms with Crippen molar-refractivity contribution in [2.45, 2.75) is 39.5 Å². The highest BCUT2D eigenvalue weighted by molar-refractivity contribution is 7.94. The highest BCUT2D eigenvalue weighted by atomic mass is 32.2. The quantitative estimate of drug-likeness (QED) is 0.752. The number of sulfone groups is 1. The van der Waals surface area contributed by atoms with Crippen molar-refractivity contribution in [2.75, 3.05) is 31.9 Å². The topological polar surface area (TPSA) is 74.8 Å². The zero-order valence-electron chi connectivity index (χ0n) is 15.1. The van der Waals surface area contributed by atoms with E-state index in [4.69, 9.17) is 0 Å². The first-order valence-corrected chi connectivity index (χ1v) is 10.9. The molecule has 140 valence electrons. The molecule has 0 aliphatic carbocycles. The average Bonchev–Trinajstić information content (AvgIpc) is 2.99. The van der Waals surface area contributed by atoms with E-state index in [1.54, 1.807) is 6.08 Å². The molecule has 7 heteroatoms. The second-order valence-electron chi connectivity index (χ2n) is 8.35. The largest absolute Gasteiger partial charge is 0.343 e. The first-order valence-electron chi connectivity index (χ1n) is 9.15. The first-order chi connectivity index (χ1) is 11.7. The van der Waals surface area contributed by atoms with E-state index < -0.39 is 9.84 Å². The van der Waals surface area contributed by atoms with Crippen molar-refractivity contribution >= 4 is 21.7 Å². The second kappa shape index (κ2) is 6.74. The van der Waals surface area contributed by atoms with Gasteiger partial charge < -0.3 is 9.80 Å². The lowest BCUT2D eigenvalue weighted by Gasteiger charge is -2.39. The maximum Gasteiger partial charge on any atom is 0.223 e. The molecule has 2 fully saturated rings. The van der Waals surface area contributed by atoms with Crippen LogP contribution in [-0.4, -0.2) is 62.0 Å². The van der Waals surface area contributed by atoms with Gasteiger partial charge in [-0.15, -0.1) is 0 Å². The Hall–Kier alpha value is -1.37. The molecule has 1 spiro atoms. The van der Waals surface area contributed by atoms with Crippen LogP contribution in [0.5, 0.6) is 0 Å². The van der Waals surface area contributed by atoms with E-state index in [1.807, 2.05) is 9.80 Å². The number of allylic oxidation sites excluding steroid dienone is 1. The normalized spacial score (nSPS) is 27.6. The second-order valence-corrected chi connectivity index (χ2v) is 10.3. The highest BCUT2D eigenvalue weighted by Crippen LogP contribution is 2.41. The number of nitrogens with zero attached hydrogens (tertiary/aromatic N) is 2. The number of rotatable bonds is 4. The number of carbonyl (C=O) groups excluding carboxylic acids is 2. The lowest BCUT2D eigenvalue weighted by atomic mass is 9.77. The third-order valence-corrected chi connectivity index (χ3v) is 7.07. The number of hydrogen-bond acceptors (Lipinski definition) is 4. The molecule has 3 rings (SSSR count). The molecule has 25 heavy (non-hydrogen) atoms. The fraction of sp³-hybridized carbons (Fsp3) is 0.778. The summed E-state index contributed by atoms with van der Waals surface area (Å²) in [5, 5.41) is 1.23. The van der Waals surface area contributed by atoms with Gasteiger partial charge in [0.15, 0.2) is 9.84 Å². The Morgan fingerprint density at radius 2 is 2.00 bits per heavy atom. The number of carbonyl (C=O) groups is 2. The minimum absolute atomic E-state index is 0.0271. The van der Waals surface area contributed by atoms with Crippen LogP contribution >= 0.6 is 0 Å². The SMILES string of the molecule is CC(C)CN1CC2(CCN(C(=O)C[C@H]3C=CS(=O)(=O)C3)CC2)CC1=O. The number of amides is 2. The van der Waals surface area contributed by atoms with Gasteiger partial charge in [-0.25, -0.2) is 8.42 Å². The van der Waals surface area contributed by atoms with Gasteiger partial charge in [-0.05, 0) is 18.8 Å². The molecule has 6 nitrogen and oxygen atoms in total. The summed E-state index contributed by atoms with van der Waals surface area (Å²) < 4.78 is 22.9. The summed E-state index contributed by atoms with van der Waals surface area (Å²) in [7, 11) is -3.11. The van der Waals surface area contributed by atoms with Crippen molar-refractivity contribution in [3.63, 3.8) is 0 Å². The number of hydrogen-bond donors (Lipinski definition) is 0. The van der Waals surface area contributed by atoms with Crippen molar-refractivity contribution in [3.05, 3.63) is 11.5 Å². The maximum atomic E-state index is 12.5. The van der Waals surface area contributed by atoms with Crippen LogP contribution in [0.2, 0.25) is 0 Å². The van der Waals surface area contributed by atoms with E-state index >= 15 is 0 Å². The summed E-state index contributed by atoms with van der Waals surface area (Å²) in [6.07, 6.45) is 4.22. The van der Waals surface area contributed by atoms with Crippen LogP contribution in [0, 0.1) is 17.3 Å². The van der Waals surface area contributed by atoms with Crippen LogP contribution < -0.4 is 0 Å². The third kappa shape index (κ3) is 4.25. The average molecular weight is 368 g/mol. The Labute approximate surface area is 150 Å². The molecule has 0 aromatic heterocycles. The van der Waals surface area contributed by atoms with Crippen LogP contribution in [0.15, 0.2) is 11.5 Å². The zero-order valence-corrected chi connectivity index (χ0v) is 15.9. The van der Waals surface area contributed by atoms with E-state index in [-0.39, 0.29) is 35.3 Å². The Bertz CT molecular complexity index is 675. The summed E-state index contributed by atoms with van der Waals surface area (Å²) in [5.41, 5.74) is 0.0271. The molecule has 0 aromatic rings. The standard InChI is InChI=1S/C18H28N2O4S/c1-14(2)11-20-13-18(10-17(20)22)4-6-19(7-5-18)16(21)9-15-3-8-25(23,24)12-15/h3,8,14-15H,4-7,9-13H2,1-2H3/t15-/m1/s1. The Morgan fingerprint density at radius 3 is 2.56 bits per heavy atom. The minimum Gasteiger partial charge on any atom is -0.343 e. The first kappa shape index (κ1) is 18.4. The number of piperidine rings is 1. The van der Waals surface area contributed by atoms with Gasteiger partial charge in [0.2, 0.25) is 11.8 Å². The van der Waals surface area contributed by atoms with E-state index in [9.17, 15) is 18.0 Å². The van der Waals surface area contributed by atoms with Gasteiger partial charge in [0.25, 0.3) is 0 Å². The summed E-state index contributed by atoms with van der Waals surface area (Å²) in [5.74, 6) is 0.606. The van der Waals surface area contributed by atoms with E-state index in [0.29, 0.717) is 25.4 Å². The van der Waals surface area contributed by atoms with Crippen LogP contribution in [0.4, 0.5) is 0 Å². The molecular weight excluding hydrogens is 340 g/mol. The molecule has 0 saturated carbocycles. The van der Waals surface area contributed by atoms with Gasteiger partial charge in [-0.1, -0.05) is 19.9 Å². The van der Waals surface area contributed by atoms with Crippen LogP contribution in [0.3, 0.4) is 0 Å². The van der Waals surface area contributed by atoms with Gasteiger partial charge in [0, 0.05) is 55.8 Å². The molecule has 0 aromatic carbocycles. The molecule has 2 saturated heterocycles. The van der Waals surface area contributed by atoms with Crippen LogP contribution in [0.25, 0.3) is 0 Å². The van der Waals surface area contributed by atoms with E-state index in [2.05, 4.69) is 13.8 Å². The molecule has 2 amide bonds. The van der Waals surface area contributed by atoms with E-state index in [0.717, 1.165) is 25.9 Å². The van der Waals surface area contributed by atoms with E-state index in [1.165, 1.54) is 5.41 Å². The van der Waals surface area contributed by atoms with Gasteiger partial charge in [-0.3, -0.25) is 9.59 Å². The highest BCUT2D eigenvalue weighted by Gasteiger charge is 2.45. The van der Waals surface area contributed by atoms with Crippen molar-refractivity contribution < 1.29 is 18.0 Å². The summed E-state index contributed by atoms with van der Waals surface area (Å²) in [6, 6.07) is 0. The minimum atomic E-state index is -3.11. The summed E-state index contributed by atoms with van der Waals surface area (Å²) >= 11 is 0. The zero-order chi connectivity index (χ0) is 18.2. The molecule has 0 radical (unpaired) electrons. The predicted octanol–water partition coefficient (Wildman–Crippen LogP) is 1.43. The lowest BCUT2D eigenvalue weighted by Crippen LogP contribution is -2.44. The van der Waals surface area contributed by atoms with Crippen LogP contribution in [-0.2, 0) is 19.4 Å². The van der Waals surface area contributed by atoms with Crippen molar-refractivity contribution in [1.82, 2.24) is 9.80 Å². The lowest BCUT2D eigenvalue weighted by molar-refractivity contribution is -0.134. The number of likely N-dealkylation sites (tertiary alicyclic amines) is 2. The molecule has 3 heterocycles. The maximum absolute atomic E-state index is 12.5. The molecule has 0 bridgehead atoms. The molecule has 0 N–H and O–H groups in total. The van der Waals surface area contributed by atoms with Crippen LogP contribution in [0.1, 0.15) is 39.5 Å². The Morgan fingerprint density at radius 1 is 1.32 bits per heavy atom. The van der Waals surface area contributed by atoms with Gasteiger partial charge >= 0.3 is 0 Å².